The van der Waals surface area contributed by atoms with E-state index in [1.807, 2.05) is 26.0 Å². The lowest BCUT2D eigenvalue weighted by Gasteiger charge is -2.32. The number of piperidine rings is 1. The Kier molecular flexibility index (Phi) is 6.86. The van der Waals surface area contributed by atoms with Gasteiger partial charge in [-0.05, 0) is 82.9 Å². The first-order valence-corrected chi connectivity index (χ1v) is 8.58. The number of likely N-dealkylation sites (tertiary alicyclic amines) is 1. The molecule has 23 heavy (non-hydrogen) atoms. The molecule has 0 radical (unpaired) electrons. The molecule has 128 valence electrons. The van der Waals surface area contributed by atoms with Crippen LogP contribution in [0.5, 0.6) is 0 Å². The van der Waals surface area contributed by atoms with Gasteiger partial charge in [-0.2, -0.15) is 0 Å². The summed E-state index contributed by atoms with van der Waals surface area (Å²) in [6, 6.07) is 8.13. The zero-order valence-electron chi connectivity index (χ0n) is 14.3. The molecule has 0 bridgehead atoms. The quantitative estimate of drug-likeness (QED) is 0.845. The third kappa shape index (κ3) is 5.84. The van der Waals surface area contributed by atoms with Gasteiger partial charge in [0.1, 0.15) is 0 Å². The van der Waals surface area contributed by atoms with Crippen LogP contribution in [0.2, 0.25) is 0 Å². The largest absolute Gasteiger partial charge is 0.447 e. The molecule has 5 nitrogen and oxygen atoms in total. The summed E-state index contributed by atoms with van der Waals surface area (Å²) >= 11 is 0. The van der Waals surface area contributed by atoms with E-state index in [2.05, 4.69) is 22.3 Å². The molecule has 0 unspecified atom stereocenters. The number of nitrogens with zero attached hydrogens (tertiary/aromatic N) is 1. The third-order valence-corrected chi connectivity index (χ3v) is 4.21. The zero-order valence-corrected chi connectivity index (χ0v) is 14.3. The number of carbonyl (C=O) groups excluding carboxylic acids is 1. The van der Waals surface area contributed by atoms with Crippen molar-refractivity contribution in [3.05, 3.63) is 29.8 Å². The van der Waals surface area contributed by atoms with E-state index in [9.17, 15) is 4.79 Å². The number of carbonyl (C=O) groups is 1. The van der Waals surface area contributed by atoms with Gasteiger partial charge in [0, 0.05) is 5.69 Å². The molecule has 1 aliphatic rings. The summed E-state index contributed by atoms with van der Waals surface area (Å²) in [7, 11) is 0. The van der Waals surface area contributed by atoms with Gasteiger partial charge in [-0.15, -0.1) is 0 Å². The zero-order chi connectivity index (χ0) is 16.7. The average Bonchev–Trinajstić information content (AvgIpc) is 2.53. The molecule has 1 aromatic rings. The maximum Gasteiger partial charge on any atom is 0.411 e. The lowest BCUT2D eigenvalue weighted by molar-refractivity contribution is 0.130. The van der Waals surface area contributed by atoms with E-state index < -0.39 is 6.09 Å². The Hall–Kier alpha value is -1.59. The van der Waals surface area contributed by atoms with Crippen molar-refractivity contribution < 1.29 is 9.53 Å². The Balaban J connectivity index is 1.89. The van der Waals surface area contributed by atoms with Crippen LogP contribution < -0.4 is 11.1 Å². The smallest absolute Gasteiger partial charge is 0.411 e. The molecule has 1 heterocycles. The molecule has 0 atom stereocenters. The Bertz CT molecular complexity index is 497. The van der Waals surface area contributed by atoms with E-state index >= 15 is 0 Å². The molecule has 0 aromatic heterocycles. The number of nitrogens with two attached hydrogens (primary N) is 1. The van der Waals surface area contributed by atoms with Crippen molar-refractivity contribution in [3.8, 4) is 0 Å². The van der Waals surface area contributed by atoms with E-state index in [4.69, 9.17) is 10.5 Å². The monoisotopic (exact) mass is 319 g/mol. The lowest BCUT2D eigenvalue weighted by atomic mass is 9.89. The molecule has 1 aromatic carbocycles. The fourth-order valence-corrected chi connectivity index (χ4v) is 3.04. The SMILES string of the molecule is CC(C)OC(=O)Nc1cccc(C2CCN(CCCN)CC2)c1. The molecular formula is C18H29N3O2. The van der Waals surface area contributed by atoms with Gasteiger partial charge in [0.05, 0.1) is 6.10 Å². The van der Waals surface area contributed by atoms with E-state index in [0.717, 1.165) is 51.1 Å². The summed E-state index contributed by atoms with van der Waals surface area (Å²) in [6.45, 7) is 7.80. The van der Waals surface area contributed by atoms with Crippen molar-refractivity contribution in [1.82, 2.24) is 4.90 Å². The number of amides is 1. The van der Waals surface area contributed by atoms with Crippen LogP contribution in [-0.4, -0.2) is 43.3 Å². The topological polar surface area (TPSA) is 67.6 Å². The fourth-order valence-electron chi connectivity index (χ4n) is 3.04. The van der Waals surface area contributed by atoms with Gasteiger partial charge in [-0.25, -0.2) is 4.79 Å². The van der Waals surface area contributed by atoms with Gasteiger partial charge in [0.15, 0.2) is 0 Å². The van der Waals surface area contributed by atoms with Crippen molar-refractivity contribution >= 4 is 11.8 Å². The number of hydrogen-bond acceptors (Lipinski definition) is 4. The Morgan fingerprint density at radius 1 is 1.39 bits per heavy atom. The molecule has 3 N–H and O–H groups in total. The van der Waals surface area contributed by atoms with Crippen LogP contribution in [-0.2, 0) is 4.74 Å². The highest BCUT2D eigenvalue weighted by molar-refractivity contribution is 5.84. The number of nitrogens with one attached hydrogen (secondary N) is 1. The molecule has 0 spiro atoms. The molecule has 1 fully saturated rings. The summed E-state index contributed by atoms with van der Waals surface area (Å²) in [6.07, 6.45) is 2.88. The average molecular weight is 319 g/mol. The number of hydrogen-bond donors (Lipinski definition) is 2. The number of rotatable bonds is 6. The molecular weight excluding hydrogens is 290 g/mol. The highest BCUT2D eigenvalue weighted by Gasteiger charge is 2.20. The highest BCUT2D eigenvalue weighted by atomic mass is 16.6. The number of benzene rings is 1. The van der Waals surface area contributed by atoms with Crippen LogP contribution in [0.15, 0.2) is 24.3 Å². The first kappa shape index (κ1) is 17.8. The molecule has 1 saturated heterocycles. The maximum absolute atomic E-state index is 11.7. The van der Waals surface area contributed by atoms with Crippen LogP contribution in [0.25, 0.3) is 0 Å². The molecule has 1 amide bonds. The molecule has 2 rings (SSSR count). The van der Waals surface area contributed by atoms with Crippen molar-refractivity contribution in [2.75, 3.05) is 31.5 Å². The highest BCUT2D eigenvalue weighted by Crippen LogP contribution is 2.29. The van der Waals surface area contributed by atoms with Gasteiger partial charge in [0.2, 0.25) is 0 Å². The van der Waals surface area contributed by atoms with Crippen molar-refractivity contribution in [2.24, 2.45) is 5.73 Å². The van der Waals surface area contributed by atoms with Crippen LogP contribution >= 0.6 is 0 Å². The predicted octanol–water partition coefficient (Wildman–Crippen LogP) is 3.17. The van der Waals surface area contributed by atoms with Crippen molar-refractivity contribution in [2.45, 2.75) is 45.1 Å². The predicted molar refractivity (Wildman–Crippen MR) is 93.8 cm³/mol. The van der Waals surface area contributed by atoms with Crippen LogP contribution in [0.3, 0.4) is 0 Å². The second kappa shape index (κ2) is 8.89. The Labute approximate surface area is 139 Å². The Morgan fingerprint density at radius 2 is 2.13 bits per heavy atom. The maximum atomic E-state index is 11.7. The van der Waals surface area contributed by atoms with Crippen LogP contribution in [0.1, 0.15) is 44.6 Å². The van der Waals surface area contributed by atoms with E-state index in [-0.39, 0.29) is 6.10 Å². The number of anilines is 1. The van der Waals surface area contributed by atoms with Crippen molar-refractivity contribution in [3.63, 3.8) is 0 Å². The Morgan fingerprint density at radius 3 is 2.78 bits per heavy atom. The van der Waals surface area contributed by atoms with Gasteiger partial charge < -0.3 is 15.4 Å². The summed E-state index contributed by atoms with van der Waals surface area (Å²) in [5.74, 6) is 0.562. The minimum atomic E-state index is -0.395. The summed E-state index contributed by atoms with van der Waals surface area (Å²) in [5, 5.41) is 2.80. The second-order valence-electron chi connectivity index (χ2n) is 6.46. The molecule has 0 aliphatic carbocycles. The van der Waals surface area contributed by atoms with Crippen LogP contribution in [0, 0.1) is 0 Å². The normalized spacial score (nSPS) is 16.5. The third-order valence-electron chi connectivity index (χ3n) is 4.21. The van der Waals surface area contributed by atoms with Gasteiger partial charge in [-0.3, -0.25) is 5.32 Å². The standard InChI is InChI=1S/C18H29N3O2/c1-14(2)23-18(22)20-17-6-3-5-16(13-17)15-7-11-21(12-8-15)10-4-9-19/h3,5-6,13-15H,4,7-12,19H2,1-2H3,(H,20,22). The second-order valence-corrected chi connectivity index (χ2v) is 6.46. The number of ether oxygens (including phenoxy) is 1. The molecule has 1 aliphatic heterocycles. The van der Waals surface area contributed by atoms with Gasteiger partial charge in [-0.1, -0.05) is 12.1 Å². The molecule has 5 heteroatoms. The minimum absolute atomic E-state index is 0.115. The van der Waals surface area contributed by atoms with E-state index in [0.29, 0.717) is 5.92 Å². The molecule has 0 saturated carbocycles. The van der Waals surface area contributed by atoms with Crippen LogP contribution in [0.4, 0.5) is 10.5 Å². The minimum Gasteiger partial charge on any atom is -0.447 e. The first-order chi connectivity index (χ1) is 11.1. The summed E-state index contributed by atoms with van der Waals surface area (Å²) < 4.78 is 5.12. The lowest BCUT2D eigenvalue weighted by Crippen LogP contribution is -2.34. The summed E-state index contributed by atoms with van der Waals surface area (Å²) in [5.41, 5.74) is 7.68. The van der Waals surface area contributed by atoms with Gasteiger partial charge >= 0.3 is 6.09 Å². The van der Waals surface area contributed by atoms with Gasteiger partial charge in [0.25, 0.3) is 0 Å². The van der Waals surface area contributed by atoms with E-state index in [1.54, 1.807) is 0 Å². The van der Waals surface area contributed by atoms with E-state index in [1.165, 1.54) is 5.56 Å². The fraction of sp³-hybridized carbons (Fsp3) is 0.611. The summed E-state index contributed by atoms with van der Waals surface area (Å²) in [4.78, 5) is 14.2. The van der Waals surface area contributed by atoms with Crippen molar-refractivity contribution in [1.29, 1.82) is 0 Å². The first-order valence-electron chi connectivity index (χ1n) is 8.58.